The Labute approximate surface area is 354 Å². The molecule has 2 aliphatic rings. The molecule has 0 aliphatic heterocycles. The first-order chi connectivity index (χ1) is 27.7. The summed E-state index contributed by atoms with van der Waals surface area (Å²) in [6.07, 6.45) is 8.66. The van der Waals surface area contributed by atoms with E-state index in [0.717, 1.165) is 71.0 Å². The maximum absolute atomic E-state index is 9.06. The Bertz CT molecular complexity index is 2510. The van der Waals surface area contributed by atoms with Crippen LogP contribution in [0.5, 0.6) is 0 Å². The molecule has 0 amide bonds. The third-order valence-corrected chi connectivity index (χ3v) is 59.8. The Morgan fingerprint density at radius 1 is 0.534 bits per heavy atom. The Kier molecular flexibility index (Phi) is 11.1. The second-order valence-electron chi connectivity index (χ2n) is 16.9. The van der Waals surface area contributed by atoms with E-state index in [1.807, 2.05) is 0 Å². The van der Waals surface area contributed by atoms with Crippen molar-refractivity contribution in [2.45, 2.75) is 101 Å². The Morgan fingerprint density at radius 2 is 0.914 bits per heavy atom. The van der Waals surface area contributed by atoms with E-state index in [1.165, 1.54) is 66.8 Å². The first kappa shape index (κ1) is 41.3. The van der Waals surface area contributed by atoms with E-state index in [4.69, 9.17) is 25.9 Å². The number of hydrogen-bond acceptors (Lipinski definition) is 2. The summed E-state index contributed by atoms with van der Waals surface area (Å²) >= 11 is -5.42. The van der Waals surface area contributed by atoms with Crippen LogP contribution in [0.2, 0.25) is 13.1 Å². The van der Waals surface area contributed by atoms with E-state index in [2.05, 4.69) is 166 Å². The summed E-state index contributed by atoms with van der Waals surface area (Å²) < 4.78 is 13.0. The monoisotopic (exact) mass is 900 g/mol. The molecule has 0 fully saturated rings. The molecule has 8 rings (SSSR count). The van der Waals surface area contributed by atoms with E-state index in [1.54, 1.807) is 0 Å². The molecular weight excluding hydrogens is 847 g/mol. The number of furan rings is 2. The van der Waals surface area contributed by atoms with E-state index in [9.17, 15) is 0 Å². The zero-order valence-electron chi connectivity index (χ0n) is 35.8. The summed E-state index contributed by atoms with van der Waals surface area (Å²) in [6, 6.07) is 32.1. The van der Waals surface area contributed by atoms with Crippen LogP contribution in [-0.4, -0.2) is 5.43 Å². The summed E-state index contributed by atoms with van der Waals surface area (Å²) in [6.45, 7) is 22.1. The molecule has 2 atom stereocenters. The van der Waals surface area contributed by atoms with Gasteiger partial charge in [-0.15, -0.1) is 0 Å². The molecule has 2 aliphatic carbocycles. The van der Waals surface area contributed by atoms with Gasteiger partial charge in [0.25, 0.3) is 0 Å². The summed E-state index contributed by atoms with van der Waals surface area (Å²) in [4.78, 5) is 0. The average molecular weight is 903 g/mol. The Hall–Kier alpha value is -3.40. The molecule has 2 unspecified atom stereocenters. The van der Waals surface area contributed by atoms with E-state index in [0.29, 0.717) is 0 Å². The zero-order valence-corrected chi connectivity index (χ0v) is 40.8. The van der Waals surface area contributed by atoms with Gasteiger partial charge in [0, 0.05) is 0 Å². The number of hydrogen-bond donors (Lipinski definition) is 0. The second-order valence-corrected chi connectivity index (χ2v) is 55.7. The van der Waals surface area contributed by atoms with E-state index < -0.39 is 20.4 Å². The molecule has 0 radical (unpaired) electrons. The van der Waals surface area contributed by atoms with Gasteiger partial charge in [-0.25, -0.2) is 0 Å². The van der Waals surface area contributed by atoms with Crippen molar-refractivity contribution in [1.82, 2.24) is 0 Å². The van der Waals surface area contributed by atoms with Crippen molar-refractivity contribution in [3.8, 4) is 22.3 Å². The zero-order chi connectivity index (χ0) is 41.3. The summed E-state index contributed by atoms with van der Waals surface area (Å²) in [5, 5.41) is 0. The van der Waals surface area contributed by atoms with Crippen molar-refractivity contribution >= 4 is 45.8 Å². The van der Waals surface area contributed by atoms with Crippen LogP contribution in [-0.2, 0) is 40.7 Å². The SMILES string of the molecule is CCc1ccc(-c2c(CC)ccc3c2C=C(c2cc(C)c(C)o2)[CH]3[Zr]([Cl])([Cl])([CH]2C(c3cc(C)c(C)o3)=Cc3c2ccc(CC)c3-c2ccc(CC)cc2)=[Si](C)C)cc1. The van der Waals surface area contributed by atoms with Crippen LogP contribution >= 0.6 is 17.0 Å². The normalized spacial score (nSPS) is 16.4. The summed E-state index contributed by atoms with van der Waals surface area (Å²) in [7, 11) is 18.1. The summed E-state index contributed by atoms with van der Waals surface area (Å²) in [5.41, 5.74) is 18.3. The van der Waals surface area contributed by atoms with Crippen LogP contribution in [0, 0.1) is 27.7 Å². The molecule has 0 bridgehead atoms. The molecule has 58 heavy (non-hydrogen) atoms. The van der Waals surface area contributed by atoms with Crippen LogP contribution < -0.4 is 0 Å². The van der Waals surface area contributed by atoms with Gasteiger partial charge in [-0.3, -0.25) is 0 Å². The number of benzene rings is 4. The second kappa shape index (κ2) is 15.6. The van der Waals surface area contributed by atoms with E-state index in [-0.39, 0.29) is 7.25 Å². The van der Waals surface area contributed by atoms with Crippen molar-refractivity contribution < 1.29 is 23.8 Å². The molecule has 2 heterocycles. The molecule has 4 aromatic carbocycles. The third kappa shape index (κ3) is 6.52. The maximum atomic E-state index is 9.06. The Balaban J connectivity index is 1.47. The van der Waals surface area contributed by atoms with Gasteiger partial charge in [-0.05, 0) is 0 Å². The van der Waals surface area contributed by atoms with Gasteiger partial charge in [-0.1, -0.05) is 0 Å². The molecule has 298 valence electrons. The molecule has 6 heteroatoms. The van der Waals surface area contributed by atoms with Crippen LogP contribution in [0.1, 0.15) is 114 Å². The van der Waals surface area contributed by atoms with Crippen molar-refractivity contribution in [3.63, 3.8) is 0 Å². The molecule has 0 spiro atoms. The molecular formula is C52H56Cl2O2SiZr. The molecule has 2 nitrogen and oxygen atoms in total. The Morgan fingerprint density at radius 3 is 1.21 bits per heavy atom. The van der Waals surface area contributed by atoms with Crippen LogP contribution in [0.3, 0.4) is 0 Å². The average Bonchev–Trinajstić information content (AvgIpc) is 4.00. The predicted octanol–water partition coefficient (Wildman–Crippen LogP) is 15.8. The van der Waals surface area contributed by atoms with Gasteiger partial charge in [0.05, 0.1) is 0 Å². The number of rotatable bonds is 10. The number of fused-ring (bicyclic) bond motifs is 2. The molecule has 0 N–H and O–H groups in total. The van der Waals surface area contributed by atoms with Gasteiger partial charge in [0.2, 0.25) is 0 Å². The number of aryl methyl sites for hydroxylation is 8. The van der Waals surface area contributed by atoms with Crippen LogP contribution in [0.25, 0.3) is 45.6 Å². The fourth-order valence-corrected chi connectivity index (χ4v) is 37.5. The van der Waals surface area contributed by atoms with E-state index >= 15 is 0 Å². The minimum atomic E-state index is -5.42. The van der Waals surface area contributed by atoms with Crippen molar-refractivity contribution in [3.05, 3.63) is 164 Å². The number of halogens is 2. The van der Waals surface area contributed by atoms with Crippen LogP contribution in [0.4, 0.5) is 0 Å². The van der Waals surface area contributed by atoms with Gasteiger partial charge in [0.1, 0.15) is 0 Å². The first-order valence-corrected chi connectivity index (χ1v) is 36.5. The van der Waals surface area contributed by atoms with Crippen molar-refractivity contribution in [1.29, 1.82) is 0 Å². The topological polar surface area (TPSA) is 26.3 Å². The number of allylic oxidation sites excluding steroid dienone is 2. The third-order valence-electron chi connectivity index (χ3n) is 13.6. The molecule has 2 aromatic heterocycles. The first-order valence-electron chi connectivity index (χ1n) is 21.2. The predicted molar refractivity (Wildman–Crippen MR) is 248 cm³/mol. The fourth-order valence-electron chi connectivity index (χ4n) is 9.82. The van der Waals surface area contributed by atoms with Gasteiger partial charge in [-0.2, -0.15) is 0 Å². The van der Waals surface area contributed by atoms with Gasteiger partial charge in [0.15, 0.2) is 0 Å². The van der Waals surface area contributed by atoms with Gasteiger partial charge < -0.3 is 0 Å². The quantitative estimate of drug-likeness (QED) is 0.128. The van der Waals surface area contributed by atoms with Gasteiger partial charge >= 0.3 is 357 Å². The molecule has 0 saturated carbocycles. The standard InChI is InChI=1S/2C25H25O.C2H6Si.2ClH.Zr/c2*1-5-18-7-9-20(10-8-18)25-19(6-2)11-12-21-14-22(15-23(21)25)24-13-16(3)17(4)26-24;1-3-2;;;/h2*7-15H,5-6H2,1-4H3;1-2H3;2*1H;/q;;;;;+2/p-2. The molecule has 0 saturated heterocycles. The summed E-state index contributed by atoms with van der Waals surface area (Å²) in [5.74, 6) is 3.59. The minimum absolute atomic E-state index is 0.220. The van der Waals surface area contributed by atoms with Crippen molar-refractivity contribution in [2.24, 2.45) is 0 Å². The fraction of sp³-hybridized carbons (Fsp3) is 0.308. The van der Waals surface area contributed by atoms with Crippen LogP contribution in [0.15, 0.2) is 93.8 Å². The molecule has 6 aromatic rings. The van der Waals surface area contributed by atoms with Crippen molar-refractivity contribution in [2.75, 3.05) is 0 Å².